The molecular weight excluding hydrogens is 232 g/mol. The lowest BCUT2D eigenvalue weighted by Gasteiger charge is -2.17. The van der Waals surface area contributed by atoms with Gasteiger partial charge in [0, 0.05) is 6.07 Å². The van der Waals surface area contributed by atoms with Crippen molar-refractivity contribution in [1.82, 2.24) is 0 Å². The number of aryl methyl sites for hydroxylation is 1. The second kappa shape index (κ2) is 4.86. The van der Waals surface area contributed by atoms with Crippen LogP contribution in [0.2, 0.25) is 0 Å². The van der Waals surface area contributed by atoms with Gasteiger partial charge in [0.2, 0.25) is 0 Å². The van der Waals surface area contributed by atoms with E-state index in [4.69, 9.17) is 5.73 Å². The first-order chi connectivity index (χ1) is 8.49. The summed E-state index contributed by atoms with van der Waals surface area (Å²) in [6, 6.07) is 8.64. The molecule has 0 saturated heterocycles. The van der Waals surface area contributed by atoms with Crippen LogP contribution in [0.15, 0.2) is 36.4 Å². The lowest BCUT2D eigenvalue weighted by Crippen LogP contribution is -2.14. The van der Waals surface area contributed by atoms with Gasteiger partial charge in [-0.25, -0.2) is 8.78 Å². The van der Waals surface area contributed by atoms with Crippen LogP contribution in [0, 0.1) is 25.5 Å². The maximum atomic E-state index is 13.2. The highest BCUT2D eigenvalue weighted by atomic mass is 19.1. The van der Waals surface area contributed by atoms with E-state index in [1.807, 2.05) is 32.0 Å². The monoisotopic (exact) mass is 247 g/mol. The Hall–Kier alpha value is -1.74. The third-order valence-corrected chi connectivity index (χ3v) is 3.23. The van der Waals surface area contributed by atoms with E-state index in [1.165, 1.54) is 12.1 Å². The predicted octanol–water partition coefficient (Wildman–Crippen LogP) is 3.63. The van der Waals surface area contributed by atoms with Gasteiger partial charge >= 0.3 is 0 Å². The molecule has 0 saturated carbocycles. The molecule has 0 spiro atoms. The Balaban J connectivity index is 2.47. The van der Waals surface area contributed by atoms with Gasteiger partial charge in [0.05, 0.1) is 6.04 Å². The highest BCUT2D eigenvalue weighted by molar-refractivity contribution is 5.40. The predicted molar refractivity (Wildman–Crippen MR) is 68.3 cm³/mol. The Labute approximate surface area is 105 Å². The van der Waals surface area contributed by atoms with Crippen molar-refractivity contribution in [2.45, 2.75) is 19.9 Å². The summed E-state index contributed by atoms with van der Waals surface area (Å²) in [4.78, 5) is 0. The average Bonchev–Trinajstić information content (AvgIpc) is 2.30. The zero-order valence-electron chi connectivity index (χ0n) is 10.4. The van der Waals surface area contributed by atoms with E-state index in [-0.39, 0.29) is 0 Å². The number of hydrogen-bond donors (Lipinski definition) is 1. The van der Waals surface area contributed by atoms with E-state index in [0.29, 0.717) is 5.56 Å². The highest BCUT2D eigenvalue weighted by Gasteiger charge is 2.14. The Morgan fingerprint density at radius 3 is 2.22 bits per heavy atom. The van der Waals surface area contributed by atoms with Crippen molar-refractivity contribution >= 4 is 0 Å². The molecule has 2 rings (SSSR count). The van der Waals surface area contributed by atoms with E-state index < -0.39 is 17.7 Å². The normalized spacial score (nSPS) is 12.5. The van der Waals surface area contributed by atoms with E-state index in [9.17, 15) is 8.78 Å². The molecule has 0 aromatic heterocycles. The molecule has 1 unspecified atom stereocenters. The van der Waals surface area contributed by atoms with E-state index >= 15 is 0 Å². The van der Waals surface area contributed by atoms with Crippen molar-refractivity contribution in [2.75, 3.05) is 0 Å². The van der Waals surface area contributed by atoms with Gasteiger partial charge in [0.15, 0.2) is 0 Å². The molecule has 0 aliphatic rings. The molecule has 0 radical (unpaired) electrons. The molecular formula is C15H15F2N. The number of benzene rings is 2. The molecule has 94 valence electrons. The maximum Gasteiger partial charge on any atom is 0.126 e. The van der Waals surface area contributed by atoms with Crippen molar-refractivity contribution in [3.05, 3.63) is 70.3 Å². The minimum Gasteiger partial charge on any atom is -0.320 e. The fourth-order valence-electron chi connectivity index (χ4n) is 2.04. The molecule has 0 aliphatic carbocycles. The van der Waals surface area contributed by atoms with Crippen molar-refractivity contribution in [3.8, 4) is 0 Å². The Morgan fingerprint density at radius 1 is 1.00 bits per heavy atom. The highest BCUT2D eigenvalue weighted by Crippen LogP contribution is 2.25. The molecule has 0 amide bonds. The molecule has 0 heterocycles. The molecule has 18 heavy (non-hydrogen) atoms. The fraction of sp³-hybridized carbons (Fsp3) is 0.200. The van der Waals surface area contributed by atoms with Crippen molar-refractivity contribution < 1.29 is 8.78 Å². The summed E-state index contributed by atoms with van der Waals surface area (Å²) in [5, 5.41) is 0. The third kappa shape index (κ3) is 2.41. The summed E-state index contributed by atoms with van der Waals surface area (Å²) in [7, 11) is 0. The molecule has 2 aromatic rings. The molecule has 0 bridgehead atoms. The standard InChI is InChI=1S/C15H15F2N/c1-9-4-3-5-14(10(9)2)15(18)11-6-12(16)8-13(17)7-11/h3-8,15H,18H2,1-2H3. The Morgan fingerprint density at radius 2 is 1.61 bits per heavy atom. The van der Waals surface area contributed by atoms with Crippen LogP contribution in [0.4, 0.5) is 8.78 Å². The van der Waals surface area contributed by atoms with Crippen molar-refractivity contribution in [1.29, 1.82) is 0 Å². The minimum atomic E-state index is -0.606. The molecule has 1 atom stereocenters. The van der Waals surface area contributed by atoms with Crippen LogP contribution in [0.3, 0.4) is 0 Å². The number of nitrogens with two attached hydrogens (primary N) is 1. The number of halogens is 2. The lowest BCUT2D eigenvalue weighted by molar-refractivity contribution is 0.577. The van der Waals surface area contributed by atoms with Gasteiger partial charge in [0.25, 0.3) is 0 Å². The van der Waals surface area contributed by atoms with E-state index in [2.05, 4.69) is 0 Å². The van der Waals surface area contributed by atoms with Crippen LogP contribution in [0.5, 0.6) is 0 Å². The average molecular weight is 247 g/mol. The molecule has 1 nitrogen and oxygen atoms in total. The van der Waals surface area contributed by atoms with E-state index in [0.717, 1.165) is 22.8 Å². The largest absolute Gasteiger partial charge is 0.320 e. The summed E-state index contributed by atoms with van der Waals surface area (Å²) in [5.41, 5.74) is 9.59. The SMILES string of the molecule is Cc1cccc(C(N)c2cc(F)cc(F)c2)c1C. The maximum absolute atomic E-state index is 13.2. The molecule has 2 N–H and O–H groups in total. The summed E-state index contributed by atoms with van der Waals surface area (Å²) < 4.78 is 26.4. The second-order valence-corrected chi connectivity index (χ2v) is 4.47. The summed E-state index contributed by atoms with van der Waals surface area (Å²) in [6.45, 7) is 3.94. The third-order valence-electron chi connectivity index (χ3n) is 3.23. The van der Waals surface area contributed by atoms with Crippen LogP contribution in [0.25, 0.3) is 0 Å². The van der Waals surface area contributed by atoms with Gasteiger partial charge in [-0.1, -0.05) is 18.2 Å². The number of hydrogen-bond acceptors (Lipinski definition) is 1. The molecule has 0 aliphatic heterocycles. The smallest absolute Gasteiger partial charge is 0.126 e. The van der Waals surface area contributed by atoms with Crippen molar-refractivity contribution in [3.63, 3.8) is 0 Å². The van der Waals surface area contributed by atoms with Crippen LogP contribution >= 0.6 is 0 Å². The fourth-order valence-corrected chi connectivity index (χ4v) is 2.04. The van der Waals surface area contributed by atoms with Gasteiger partial charge in [-0.3, -0.25) is 0 Å². The Kier molecular flexibility index (Phi) is 3.43. The first kappa shape index (κ1) is 12.7. The quantitative estimate of drug-likeness (QED) is 0.861. The zero-order valence-corrected chi connectivity index (χ0v) is 10.4. The number of rotatable bonds is 2. The lowest BCUT2D eigenvalue weighted by atomic mass is 9.93. The van der Waals surface area contributed by atoms with Gasteiger partial charge in [-0.05, 0) is 48.2 Å². The van der Waals surface area contributed by atoms with Gasteiger partial charge in [-0.15, -0.1) is 0 Å². The topological polar surface area (TPSA) is 26.0 Å². The Bertz CT molecular complexity index is 558. The molecule has 0 fully saturated rings. The first-order valence-electron chi connectivity index (χ1n) is 5.76. The molecule has 2 aromatic carbocycles. The van der Waals surface area contributed by atoms with E-state index in [1.54, 1.807) is 0 Å². The second-order valence-electron chi connectivity index (χ2n) is 4.47. The van der Waals surface area contributed by atoms with Gasteiger partial charge in [-0.2, -0.15) is 0 Å². The zero-order chi connectivity index (χ0) is 13.3. The minimum absolute atomic E-state index is 0.446. The van der Waals surface area contributed by atoms with Crippen LogP contribution in [0.1, 0.15) is 28.3 Å². The first-order valence-corrected chi connectivity index (χ1v) is 5.76. The van der Waals surface area contributed by atoms with Crippen LogP contribution in [-0.2, 0) is 0 Å². The summed E-state index contributed by atoms with van der Waals surface area (Å²) in [5.74, 6) is -1.21. The van der Waals surface area contributed by atoms with Crippen LogP contribution in [-0.4, -0.2) is 0 Å². The van der Waals surface area contributed by atoms with Gasteiger partial charge in [0.1, 0.15) is 11.6 Å². The van der Waals surface area contributed by atoms with Gasteiger partial charge < -0.3 is 5.73 Å². The summed E-state index contributed by atoms with van der Waals surface area (Å²) >= 11 is 0. The molecule has 3 heteroatoms. The summed E-state index contributed by atoms with van der Waals surface area (Å²) in [6.07, 6.45) is 0. The van der Waals surface area contributed by atoms with Crippen molar-refractivity contribution in [2.24, 2.45) is 5.73 Å². The van der Waals surface area contributed by atoms with Crippen LogP contribution < -0.4 is 5.73 Å².